The minimum atomic E-state index is -4.22. The summed E-state index contributed by atoms with van der Waals surface area (Å²) in [5.41, 5.74) is 0.0688. The van der Waals surface area contributed by atoms with Crippen molar-refractivity contribution in [3.8, 4) is 0 Å². The predicted molar refractivity (Wildman–Crippen MR) is 108 cm³/mol. The summed E-state index contributed by atoms with van der Waals surface area (Å²) in [6.07, 6.45) is 0. The molecule has 10 heteroatoms. The van der Waals surface area contributed by atoms with Crippen LogP contribution in [-0.2, 0) is 14.8 Å². The van der Waals surface area contributed by atoms with Gasteiger partial charge in [0.2, 0.25) is 15.9 Å². The minimum absolute atomic E-state index is 0.0688. The van der Waals surface area contributed by atoms with E-state index in [1.165, 1.54) is 31.2 Å². The van der Waals surface area contributed by atoms with Gasteiger partial charge in [0.1, 0.15) is 22.6 Å². The highest BCUT2D eigenvalue weighted by atomic mass is 35.5. The smallest absolute Gasteiger partial charge is 0.244 e. The van der Waals surface area contributed by atoms with Crippen LogP contribution in [0.2, 0.25) is 10.0 Å². The second-order valence-electron chi connectivity index (χ2n) is 6.79. The van der Waals surface area contributed by atoms with Gasteiger partial charge in [0.25, 0.3) is 0 Å². The Balaban J connectivity index is 2.26. The van der Waals surface area contributed by atoms with Gasteiger partial charge in [-0.15, -0.1) is 0 Å². The molecule has 0 unspecified atom stereocenters. The first-order chi connectivity index (χ1) is 13.4. The summed E-state index contributed by atoms with van der Waals surface area (Å²) in [6.45, 7) is 4.79. The van der Waals surface area contributed by atoms with Crippen molar-refractivity contribution in [2.75, 3.05) is 0 Å². The zero-order chi connectivity index (χ0) is 21.9. The highest BCUT2D eigenvalue weighted by molar-refractivity contribution is 7.89. The average molecular weight is 465 g/mol. The number of halogens is 4. The first-order valence-corrected chi connectivity index (χ1v) is 10.9. The summed E-state index contributed by atoms with van der Waals surface area (Å²) in [7, 11) is -4.22. The molecule has 0 aliphatic carbocycles. The van der Waals surface area contributed by atoms with Crippen LogP contribution in [0.3, 0.4) is 0 Å². The zero-order valence-corrected chi connectivity index (χ0v) is 18.2. The maximum absolute atomic E-state index is 14.0. The average Bonchev–Trinajstić information content (AvgIpc) is 2.58. The van der Waals surface area contributed by atoms with E-state index in [9.17, 15) is 22.0 Å². The Morgan fingerprint density at radius 1 is 1.03 bits per heavy atom. The fraction of sp³-hybridized carbons (Fsp3) is 0.316. The third-order valence-electron chi connectivity index (χ3n) is 4.21. The van der Waals surface area contributed by atoms with E-state index in [4.69, 9.17) is 23.2 Å². The van der Waals surface area contributed by atoms with Crippen molar-refractivity contribution in [2.24, 2.45) is 5.92 Å². The summed E-state index contributed by atoms with van der Waals surface area (Å²) in [5.74, 6) is -2.68. The van der Waals surface area contributed by atoms with E-state index in [1.807, 2.05) is 0 Å². The lowest BCUT2D eigenvalue weighted by atomic mass is 10.0. The topological polar surface area (TPSA) is 75.3 Å². The molecule has 2 N–H and O–H groups in total. The number of hydrogen-bond acceptors (Lipinski definition) is 3. The number of benzene rings is 2. The van der Waals surface area contributed by atoms with Gasteiger partial charge in [0.05, 0.1) is 16.1 Å². The van der Waals surface area contributed by atoms with Crippen LogP contribution in [0.1, 0.15) is 32.4 Å². The maximum atomic E-state index is 14.0. The standard InChI is InChI=1S/C19H20Cl2F2N2O3S/c1-10(2)17(25-29(27,28)18-14(20)5-4-6-15(18)21)19(26)24-11(3)13-8-7-12(22)9-16(13)23/h4-11,17,25H,1-3H3,(H,24,26)/t11-,17-/m0/s1. The summed E-state index contributed by atoms with van der Waals surface area (Å²) in [4.78, 5) is 12.4. The van der Waals surface area contributed by atoms with Crippen LogP contribution in [-0.4, -0.2) is 20.4 Å². The minimum Gasteiger partial charge on any atom is -0.348 e. The molecule has 0 bridgehead atoms. The van der Waals surface area contributed by atoms with Crippen LogP contribution >= 0.6 is 23.2 Å². The van der Waals surface area contributed by atoms with Crippen molar-refractivity contribution in [1.82, 2.24) is 10.0 Å². The molecule has 2 aromatic carbocycles. The van der Waals surface area contributed by atoms with Crippen molar-refractivity contribution in [3.05, 3.63) is 63.6 Å². The SMILES string of the molecule is CC(C)[C@H](NS(=O)(=O)c1c(Cl)cccc1Cl)C(=O)N[C@@H](C)c1ccc(F)cc1F. The molecule has 0 saturated heterocycles. The van der Waals surface area contributed by atoms with Gasteiger partial charge in [-0.2, -0.15) is 4.72 Å². The van der Waals surface area contributed by atoms with Gasteiger partial charge in [-0.25, -0.2) is 17.2 Å². The van der Waals surface area contributed by atoms with E-state index in [0.717, 1.165) is 6.07 Å². The lowest BCUT2D eigenvalue weighted by molar-refractivity contribution is -0.124. The molecule has 5 nitrogen and oxygen atoms in total. The van der Waals surface area contributed by atoms with Crippen molar-refractivity contribution in [1.29, 1.82) is 0 Å². The molecule has 0 aliphatic rings. The number of nitrogens with one attached hydrogen (secondary N) is 2. The largest absolute Gasteiger partial charge is 0.348 e. The fourth-order valence-electron chi connectivity index (χ4n) is 2.69. The first kappa shape index (κ1) is 23.5. The van der Waals surface area contributed by atoms with Crippen molar-refractivity contribution in [3.63, 3.8) is 0 Å². The molecule has 0 aliphatic heterocycles. The molecule has 0 saturated carbocycles. The molecule has 158 valence electrons. The third kappa shape index (κ3) is 5.66. The molecule has 2 aromatic rings. The maximum Gasteiger partial charge on any atom is 0.244 e. The van der Waals surface area contributed by atoms with Gasteiger partial charge in [-0.3, -0.25) is 4.79 Å². The van der Waals surface area contributed by atoms with Gasteiger partial charge in [-0.05, 0) is 31.0 Å². The second-order valence-corrected chi connectivity index (χ2v) is 9.26. The summed E-state index contributed by atoms with van der Waals surface area (Å²) >= 11 is 11.9. The summed E-state index contributed by atoms with van der Waals surface area (Å²) in [5, 5.41) is 2.37. The number of rotatable bonds is 7. The van der Waals surface area contributed by atoms with Gasteiger partial charge < -0.3 is 5.32 Å². The van der Waals surface area contributed by atoms with E-state index in [2.05, 4.69) is 10.0 Å². The molecule has 0 aromatic heterocycles. The van der Waals surface area contributed by atoms with E-state index in [0.29, 0.717) is 6.07 Å². The van der Waals surface area contributed by atoms with Gasteiger partial charge >= 0.3 is 0 Å². The number of sulfonamides is 1. The lowest BCUT2D eigenvalue weighted by Crippen LogP contribution is -2.50. The van der Waals surface area contributed by atoms with Crippen molar-refractivity contribution < 1.29 is 22.0 Å². The summed E-state index contributed by atoms with van der Waals surface area (Å²) in [6, 6.07) is 5.22. The van der Waals surface area contributed by atoms with Crippen LogP contribution < -0.4 is 10.0 Å². The molecular weight excluding hydrogens is 445 g/mol. The molecule has 2 atom stereocenters. The second kappa shape index (κ2) is 9.38. The molecule has 0 heterocycles. The number of hydrogen-bond donors (Lipinski definition) is 2. The van der Waals surface area contributed by atoms with Crippen molar-refractivity contribution in [2.45, 2.75) is 37.8 Å². The van der Waals surface area contributed by atoms with Crippen LogP contribution in [0.4, 0.5) is 8.78 Å². The normalized spacial score (nSPS) is 13.9. The molecule has 2 rings (SSSR count). The van der Waals surface area contributed by atoms with E-state index < -0.39 is 45.6 Å². The lowest BCUT2D eigenvalue weighted by Gasteiger charge is -2.24. The van der Waals surface area contributed by atoms with Crippen LogP contribution in [0.25, 0.3) is 0 Å². The predicted octanol–water partition coefficient (Wildman–Crippen LogP) is 4.45. The van der Waals surface area contributed by atoms with E-state index >= 15 is 0 Å². The molecule has 0 radical (unpaired) electrons. The molecule has 1 amide bonds. The monoisotopic (exact) mass is 464 g/mol. The van der Waals surface area contributed by atoms with Crippen LogP contribution in [0.15, 0.2) is 41.3 Å². The Hall–Kier alpha value is -1.74. The van der Waals surface area contributed by atoms with Gasteiger partial charge in [0, 0.05) is 11.6 Å². The Labute approximate surface area is 178 Å². The Bertz CT molecular complexity index is 996. The fourth-order valence-corrected chi connectivity index (χ4v) is 5.18. The Kier molecular flexibility index (Phi) is 7.62. The van der Waals surface area contributed by atoms with E-state index in [1.54, 1.807) is 13.8 Å². The van der Waals surface area contributed by atoms with Crippen molar-refractivity contribution >= 4 is 39.1 Å². The zero-order valence-electron chi connectivity index (χ0n) is 15.8. The number of amides is 1. The van der Waals surface area contributed by atoms with Crippen LogP contribution in [0.5, 0.6) is 0 Å². The van der Waals surface area contributed by atoms with Gasteiger partial charge in [0.15, 0.2) is 0 Å². The number of carbonyl (C=O) groups is 1. The molecular formula is C19H20Cl2F2N2O3S. The third-order valence-corrected chi connectivity index (χ3v) is 6.60. The molecule has 0 fully saturated rings. The Morgan fingerprint density at radius 3 is 2.14 bits per heavy atom. The highest BCUT2D eigenvalue weighted by Gasteiger charge is 2.31. The number of carbonyl (C=O) groups excluding carboxylic acids is 1. The Morgan fingerprint density at radius 2 is 1.62 bits per heavy atom. The van der Waals surface area contributed by atoms with E-state index in [-0.39, 0.29) is 20.5 Å². The highest BCUT2D eigenvalue weighted by Crippen LogP contribution is 2.29. The first-order valence-electron chi connectivity index (χ1n) is 8.65. The van der Waals surface area contributed by atoms with Gasteiger partial charge in [-0.1, -0.05) is 49.2 Å². The molecule has 29 heavy (non-hydrogen) atoms. The summed E-state index contributed by atoms with van der Waals surface area (Å²) < 4.78 is 54.9. The quantitative estimate of drug-likeness (QED) is 0.635. The molecule has 0 spiro atoms. The van der Waals surface area contributed by atoms with Crippen LogP contribution in [0, 0.1) is 17.6 Å².